The maximum Gasteiger partial charge on any atom is 0.164 e. The first kappa shape index (κ1) is 15.6. The van der Waals surface area contributed by atoms with Crippen LogP contribution in [0.15, 0.2) is 42.5 Å². The van der Waals surface area contributed by atoms with Crippen molar-refractivity contribution in [2.45, 2.75) is 12.3 Å². The summed E-state index contributed by atoms with van der Waals surface area (Å²) in [6, 6.07) is 11.7. The number of nitriles is 1. The predicted molar refractivity (Wildman–Crippen MR) is 76.7 cm³/mol. The number of rotatable bonds is 5. The molecule has 1 atom stereocenters. The van der Waals surface area contributed by atoms with Gasteiger partial charge < -0.3 is 4.74 Å². The van der Waals surface area contributed by atoms with Crippen LogP contribution < -0.4 is 4.74 Å². The molecule has 2 aromatic rings. The Kier molecular flexibility index (Phi) is 4.84. The first-order valence-corrected chi connectivity index (χ1v) is 6.57. The number of Topliss-reactive ketones (excluding diaryl/α,β-unsaturated/α-hetero) is 1. The van der Waals surface area contributed by atoms with E-state index in [1.54, 1.807) is 24.3 Å². The molecule has 0 aliphatic rings. The summed E-state index contributed by atoms with van der Waals surface area (Å²) in [7, 11) is 1.52. The molecule has 3 nitrogen and oxygen atoms in total. The van der Waals surface area contributed by atoms with Crippen molar-refractivity contribution in [3.8, 4) is 11.8 Å². The SMILES string of the molecule is COc1ccc(C(=O)CC(C#N)c2ccc(F)c(F)c2)cc1. The third kappa shape index (κ3) is 3.47. The van der Waals surface area contributed by atoms with Crippen molar-refractivity contribution < 1.29 is 18.3 Å². The second-order valence-corrected chi connectivity index (χ2v) is 4.71. The van der Waals surface area contributed by atoms with Gasteiger partial charge in [-0.15, -0.1) is 0 Å². The second-order valence-electron chi connectivity index (χ2n) is 4.71. The van der Waals surface area contributed by atoms with Crippen molar-refractivity contribution in [3.05, 3.63) is 65.2 Å². The molecule has 0 spiro atoms. The fourth-order valence-corrected chi connectivity index (χ4v) is 2.05. The van der Waals surface area contributed by atoms with Crippen LogP contribution in [0.25, 0.3) is 0 Å². The molecule has 22 heavy (non-hydrogen) atoms. The molecule has 0 fully saturated rings. The molecular formula is C17H13F2NO2. The van der Waals surface area contributed by atoms with Gasteiger partial charge >= 0.3 is 0 Å². The molecular weight excluding hydrogens is 288 g/mol. The number of nitrogens with zero attached hydrogens (tertiary/aromatic N) is 1. The van der Waals surface area contributed by atoms with Crippen molar-refractivity contribution in [3.63, 3.8) is 0 Å². The van der Waals surface area contributed by atoms with E-state index in [4.69, 9.17) is 4.74 Å². The summed E-state index contributed by atoms with van der Waals surface area (Å²) in [4.78, 5) is 12.2. The van der Waals surface area contributed by atoms with Gasteiger partial charge in [0.25, 0.3) is 0 Å². The zero-order valence-electron chi connectivity index (χ0n) is 11.8. The number of carbonyl (C=O) groups excluding carboxylic acids is 1. The highest BCUT2D eigenvalue weighted by atomic mass is 19.2. The van der Waals surface area contributed by atoms with Crippen molar-refractivity contribution in [2.75, 3.05) is 7.11 Å². The molecule has 2 aromatic carbocycles. The van der Waals surface area contributed by atoms with E-state index in [9.17, 15) is 18.8 Å². The van der Waals surface area contributed by atoms with Crippen LogP contribution in [0, 0.1) is 23.0 Å². The van der Waals surface area contributed by atoms with Crippen LogP contribution in [0.4, 0.5) is 8.78 Å². The summed E-state index contributed by atoms with van der Waals surface area (Å²) in [5.41, 5.74) is 0.715. The highest BCUT2D eigenvalue weighted by Gasteiger charge is 2.18. The minimum Gasteiger partial charge on any atom is -0.497 e. The zero-order chi connectivity index (χ0) is 16.1. The number of ether oxygens (including phenoxy) is 1. The maximum atomic E-state index is 13.2. The minimum absolute atomic E-state index is 0.103. The Morgan fingerprint density at radius 2 is 1.86 bits per heavy atom. The van der Waals surface area contributed by atoms with Crippen molar-refractivity contribution >= 4 is 5.78 Å². The molecule has 5 heteroatoms. The summed E-state index contributed by atoms with van der Waals surface area (Å²) in [6.07, 6.45) is -0.103. The number of halogens is 2. The van der Waals surface area contributed by atoms with Gasteiger partial charge in [-0.2, -0.15) is 5.26 Å². The van der Waals surface area contributed by atoms with Crippen LogP contribution in [-0.4, -0.2) is 12.9 Å². The number of methoxy groups -OCH3 is 1. The molecule has 0 amide bonds. The van der Waals surface area contributed by atoms with Gasteiger partial charge in [0.2, 0.25) is 0 Å². The Hall–Kier alpha value is -2.74. The average molecular weight is 301 g/mol. The van der Waals surface area contributed by atoms with E-state index in [0.717, 1.165) is 12.1 Å². The molecule has 0 aromatic heterocycles. The number of carbonyl (C=O) groups is 1. The zero-order valence-corrected chi connectivity index (χ0v) is 11.8. The van der Waals surface area contributed by atoms with E-state index in [2.05, 4.69) is 0 Å². The van der Waals surface area contributed by atoms with Crippen molar-refractivity contribution in [2.24, 2.45) is 0 Å². The van der Waals surface area contributed by atoms with E-state index >= 15 is 0 Å². The van der Waals surface area contributed by atoms with Gasteiger partial charge in [-0.1, -0.05) is 6.07 Å². The third-order valence-corrected chi connectivity index (χ3v) is 3.30. The molecule has 0 radical (unpaired) electrons. The topological polar surface area (TPSA) is 50.1 Å². The Labute approximate surface area is 126 Å². The van der Waals surface area contributed by atoms with Crippen LogP contribution in [0.2, 0.25) is 0 Å². The Morgan fingerprint density at radius 1 is 1.18 bits per heavy atom. The molecule has 0 saturated carbocycles. The molecule has 0 aliphatic carbocycles. The van der Waals surface area contributed by atoms with Gasteiger partial charge in [0.1, 0.15) is 5.75 Å². The largest absolute Gasteiger partial charge is 0.497 e. The van der Waals surface area contributed by atoms with Gasteiger partial charge in [-0.3, -0.25) is 4.79 Å². The molecule has 112 valence electrons. The first-order chi connectivity index (χ1) is 10.5. The summed E-state index contributed by atoms with van der Waals surface area (Å²) < 4.78 is 31.2. The minimum atomic E-state index is -1.03. The Bertz CT molecular complexity index is 720. The number of benzene rings is 2. The quantitative estimate of drug-likeness (QED) is 0.788. The molecule has 0 aliphatic heterocycles. The molecule has 0 bridgehead atoms. The fourth-order valence-electron chi connectivity index (χ4n) is 2.05. The average Bonchev–Trinajstić information content (AvgIpc) is 2.55. The lowest BCUT2D eigenvalue weighted by atomic mass is 9.92. The van der Waals surface area contributed by atoms with Gasteiger partial charge in [0.05, 0.1) is 19.1 Å². The van der Waals surface area contributed by atoms with Gasteiger partial charge in [-0.05, 0) is 42.0 Å². The Morgan fingerprint density at radius 3 is 2.41 bits per heavy atom. The molecule has 0 N–H and O–H groups in total. The van der Waals surface area contributed by atoms with Gasteiger partial charge in [-0.25, -0.2) is 8.78 Å². The lowest BCUT2D eigenvalue weighted by Crippen LogP contribution is -2.07. The highest BCUT2D eigenvalue weighted by molar-refractivity contribution is 5.96. The van der Waals surface area contributed by atoms with Crippen molar-refractivity contribution in [1.29, 1.82) is 5.26 Å². The Balaban J connectivity index is 2.16. The van der Waals surface area contributed by atoms with E-state index in [-0.39, 0.29) is 17.8 Å². The number of ketones is 1. The van der Waals surface area contributed by atoms with E-state index in [1.807, 2.05) is 6.07 Å². The lowest BCUT2D eigenvalue weighted by molar-refractivity contribution is 0.0979. The van der Waals surface area contributed by atoms with Gasteiger partial charge in [0.15, 0.2) is 17.4 Å². The van der Waals surface area contributed by atoms with Crippen LogP contribution in [0.1, 0.15) is 28.3 Å². The smallest absolute Gasteiger partial charge is 0.164 e. The van der Waals surface area contributed by atoms with E-state index < -0.39 is 17.6 Å². The van der Waals surface area contributed by atoms with Gasteiger partial charge in [0, 0.05) is 12.0 Å². The van der Waals surface area contributed by atoms with E-state index in [1.165, 1.54) is 13.2 Å². The number of hydrogen-bond donors (Lipinski definition) is 0. The highest BCUT2D eigenvalue weighted by Crippen LogP contribution is 2.23. The molecule has 0 saturated heterocycles. The van der Waals surface area contributed by atoms with Crippen LogP contribution in [0.3, 0.4) is 0 Å². The normalized spacial score (nSPS) is 11.5. The monoisotopic (exact) mass is 301 g/mol. The van der Waals surface area contributed by atoms with Crippen LogP contribution in [0.5, 0.6) is 5.75 Å². The standard InChI is InChI=1S/C17H13F2NO2/c1-22-14-5-2-11(3-6-14)17(21)9-13(10-20)12-4-7-15(18)16(19)8-12/h2-8,13H,9H2,1H3. The fraction of sp³-hybridized carbons (Fsp3) is 0.176. The first-order valence-electron chi connectivity index (χ1n) is 6.57. The van der Waals surface area contributed by atoms with E-state index in [0.29, 0.717) is 11.3 Å². The molecule has 0 heterocycles. The number of hydrogen-bond acceptors (Lipinski definition) is 3. The third-order valence-electron chi connectivity index (χ3n) is 3.30. The lowest BCUT2D eigenvalue weighted by Gasteiger charge is -2.09. The van der Waals surface area contributed by atoms with Crippen LogP contribution in [-0.2, 0) is 0 Å². The maximum absolute atomic E-state index is 13.2. The summed E-state index contributed by atoms with van der Waals surface area (Å²) in [5.74, 6) is -2.48. The summed E-state index contributed by atoms with van der Waals surface area (Å²) in [5, 5.41) is 9.18. The van der Waals surface area contributed by atoms with Crippen molar-refractivity contribution in [1.82, 2.24) is 0 Å². The molecule has 1 unspecified atom stereocenters. The van der Waals surface area contributed by atoms with Crippen LogP contribution >= 0.6 is 0 Å². The molecule has 2 rings (SSSR count). The summed E-state index contributed by atoms with van der Waals surface area (Å²) in [6.45, 7) is 0. The summed E-state index contributed by atoms with van der Waals surface area (Å²) >= 11 is 0. The second kappa shape index (κ2) is 6.81. The predicted octanol–water partition coefficient (Wildman–Crippen LogP) is 3.85.